The fraction of sp³-hybridized carbons (Fsp3) is 0.222. The molecule has 0 fully saturated rings. The largest absolute Gasteiger partial charge is 0.465 e. The third kappa shape index (κ3) is 2.38. The molecule has 0 unspecified atom stereocenters. The Labute approximate surface area is 89.9 Å². The number of carbonyl (C=O) groups is 1. The average Bonchev–Trinajstić information content (AvgIpc) is 2.20. The van der Waals surface area contributed by atoms with Crippen molar-refractivity contribution in [2.45, 2.75) is 6.54 Å². The number of halogens is 1. The SMILES string of the molecule is COC(=O)c1ccc(Br)c(CN=N)c1. The van der Waals surface area contributed by atoms with Crippen LogP contribution < -0.4 is 0 Å². The van der Waals surface area contributed by atoms with Crippen LogP contribution in [0.2, 0.25) is 0 Å². The predicted molar refractivity (Wildman–Crippen MR) is 54.3 cm³/mol. The highest BCUT2D eigenvalue weighted by Crippen LogP contribution is 2.19. The molecule has 4 nitrogen and oxygen atoms in total. The lowest BCUT2D eigenvalue weighted by Crippen LogP contribution is -2.01. The summed E-state index contributed by atoms with van der Waals surface area (Å²) in [5.41, 5.74) is 8.01. The predicted octanol–water partition coefficient (Wildman–Crippen LogP) is 2.77. The van der Waals surface area contributed by atoms with Gasteiger partial charge < -0.3 is 4.74 Å². The zero-order valence-electron chi connectivity index (χ0n) is 7.58. The molecule has 0 spiro atoms. The van der Waals surface area contributed by atoms with Crippen LogP contribution in [0.3, 0.4) is 0 Å². The monoisotopic (exact) mass is 256 g/mol. The molecular formula is C9H9BrN2O2. The van der Waals surface area contributed by atoms with Gasteiger partial charge in [-0.05, 0) is 23.8 Å². The number of hydrogen-bond acceptors (Lipinski definition) is 4. The molecule has 0 heterocycles. The first-order valence-electron chi connectivity index (χ1n) is 3.89. The molecule has 1 aromatic rings. The Kier molecular flexibility index (Phi) is 3.76. The molecule has 0 aliphatic rings. The number of methoxy groups -OCH3 is 1. The van der Waals surface area contributed by atoms with Crippen LogP contribution in [0.5, 0.6) is 0 Å². The number of ether oxygens (including phenoxy) is 1. The van der Waals surface area contributed by atoms with Gasteiger partial charge in [0.15, 0.2) is 0 Å². The minimum absolute atomic E-state index is 0.255. The van der Waals surface area contributed by atoms with E-state index in [-0.39, 0.29) is 12.5 Å². The van der Waals surface area contributed by atoms with Gasteiger partial charge >= 0.3 is 5.97 Å². The highest BCUT2D eigenvalue weighted by Gasteiger charge is 2.07. The molecule has 0 saturated heterocycles. The number of benzene rings is 1. The Morgan fingerprint density at radius 1 is 1.64 bits per heavy atom. The van der Waals surface area contributed by atoms with Gasteiger partial charge in [0, 0.05) is 4.47 Å². The van der Waals surface area contributed by atoms with Gasteiger partial charge in [0.25, 0.3) is 0 Å². The van der Waals surface area contributed by atoms with Crippen molar-refractivity contribution >= 4 is 21.9 Å². The van der Waals surface area contributed by atoms with Crippen molar-refractivity contribution in [1.82, 2.24) is 0 Å². The molecule has 74 valence electrons. The molecule has 0 aliphatic carbocycles. The minimum atomic E-state index is -0.385. The molecule has 0 amide bonds. The van der Waals surface area contributed by atoms with E-state index in [0.29, 0.717) is 5.56 Å². The molecule has 0 bridgehead atoms. The lowest BCUT2D eigenvalue weighted by Gasteiger charge is -2.03. The van der Waals surface area contributed by atoms with Crippen molar-refractivity contribution in [2.75, 3.05) is 7.11 Å². The van der Waals surface area contributed by atoms with E-state index < -0.39 is 0 Å². The van der Waals surface area contributed by atoms with Crippen molar-refractivity contribution in [1.29, 1.82) is 5.53 Å². The van der Waals surface area contributed by atoms with Crippen molar-refractivity contribution < 1.29 is 9.53 Å². The Balaban J connectivity index is 3.05. The summed E-state index contributed by atoms with van der Waals surface area (Å²) < 4.78 is 5.41. The van der Waals surface area contributed by atoms with Crippen LogP contribution in [0.15, 0.2) is 27.8 Å². The highest BCUT2D eigenvalue weighted by molar-refractivity contribution is 9.10. The summed E-state index contributed by atoms with van der Waals surface area (Å²) in [5, 5.41) is 3.26. The van der Waals surface area contributed by atoms with Crippen molar-refractivity contribution in [3.8, 4) is 0 Å². The van der Waals surface area contributed by atoms with Crippen LogP contribution in [-0.2, 0) is 11.3 Å². The summed E-state index contributed by atoms with van der Waals surface area (Å²) in [5.74, 6) is -0.385. The molecule has 0 radical (unpaired) electrons. The van der Waals surface area contributed by atoms with Crippen molar-refractivity contribution in [2.24, 2.45) is 5.11 Å². The fourth-order valence-electron chi connectivity index (χ4n) is 1.03. The zero-order valence-corrected chi connectivity index (χ0v) is 9.17. The van der Waals surface area contributed by atoms with E-state index in [9.17, 15) is 4.79 Å². The first kappa shape index (κ1) is 10.8. The topological polar surface area (TPSA) is 62.5 Å². The third-order valence-corrected chi connectivity index (χ3v) is 2.49. The van der Waals surface area contributed by atoms with E-state index in [4.69, 9.17) is 5.53 Å². The van der Waals surface area contributed by atoms with Gasteiger partial charge in [0.1, 0.15) is 0 Å². The molecule has 5 heteroatoms. The summed E-state index contributed by atoms with van der Waals surface area (Å²) >= 11 is 3.31. The molecule has 14 heavy (non-hydrogen) atoms. The van der Waals surface area contributed by atoms with E-state index in [2.05, 4.69) is 25.8 Å². The van der Waals surface area contributed by atoms with Gasteiger partial charge in [-0.2, -0.15) is 5.11 Å². The van der Waals surface area contributed by atoms with Crippen LogP contribution in [0.4, 0.5) is 0 Å². The lowest BCUT2D eigenvalue weighted by atomic mass is 10.1. The Hall–Kier alpha value is -1.23. The molecule has 1 aromatic carbocycles. The summed E-state index contributed by atoms with van der Waals surface area (Å²) in [6.07, 6.45) is 0. The summed E-state index contributed by atoms with van der Waals surface area (Å²) in [6, 6.07) is 5.06. The van der Waals surface area contributed by atoms with Gasteiger partial charge in [-0.1, -0.05) is 15.9 Å². The minimum Gasteiger partial charge on any atom is -0.465 e. The normalized spacial score (nSPS) is 9.57. The smallest absolute Gasteiger partial charge is 0.337 e. The Bertz CT molecular complexity index is 366. The number of carbonyl (C=O) groups excluding carboxylic acids is 1. The summed E-state index contributed by atoms with van der Waals surface area (Å²) in [6.45, 7) is 0.255. The average molecular weight is 257 g/mol. The molecule has 0 aliphatic heterocycles. The fourth-order valence-corrected chi connectivity index (χ4v) is 1.40. The van der Waals surface area contributed by atoms with Gasteiger partial charge in [-0.15, -0.1) is 0 Å². The van der Waals surface area contributed by atoms with Gasteiger partial charge in [0.2, 0.25) is 0 Å². The maximum absolute atomic E-state index is 11.2. The molecule has 0 atom stereocenters. The van der Waals surface area contributed by atoms with Gasteiger partial charge in [-0.3, -0.25) is 0 Å². The first-order chi connectivity index (χ1) is 6.69. The molecule has 1 N–H and O–H groups in total. The number of nitrogens with one attached hydrogen (secondary N) is 1. The summed E-state index contributed by atoms with van der Waals surface area (Å²) in [7, 11) is 1.33. The van der Waals surface area contributed by atoms with Crippen LogP contribution in [0.25, 0.3) is 0 Å². The van der Waals surface area contributed by atoms with Crippen LogP contribution >= 0.6 is 15.9 Å². The second-order valence-corrected chi connectivity index (χ2v) is 3.47. The van der Waals surface area contributed by atoms with Gasteiger partial charge in [-0.25, -0.2) is 10.3 Å². The van der Waals surface area contributed by atoms with Crippen LogP contribution in [0, 0.1) is 5.53 Å². The molecule has 0 saturated carbocycles. The highest BCUT2D eigenvalue weighted by atomic mass is 79.9. The second kappa shape index (κ2) is 4.85. The Morgan fingerprint density at radius 2 is 2.36 bits per heavy atom. The van der Waals surface area contributed by atoms with E-state index in [1.54, 1.807) is 18.2 Å². The Morgan fingerprint density at radius 3 is 2.93 bits per heavy atom. The second-order valence-electron chi connectivity index (χ2n) is 2.61. The maximum Gasteiger partial charge on any atom is 0.337 e. The molecule has 0 aromatic heterocycles. The van der Waals surface area contributed by atoms with E-state index in [1.165, 1.54) is 7.11 Å². The number of nitrogens with zero attached hydrogens (tertiary/aromatic N) is 1. The van der Waals surface area contributed by atoms with Gasteiger partial charge in [0.05, 0.1) is 19.2 Å². The summed E-state index contributed by atoms with van der Waals surface area (Å²) in [4.78, 5) is 11.2. The standard InChI is InChI=1S/C9H9BrN2O2/c1-14-9(13)6-2-3-8(10)7(4-6)5-12-11/h2-4,11H,5H2,1H3. The van der Waals surface area contributed by atoms with Crippen molar-refractivity contribution in [3.05, 3.63) is 33.8 Å². The molecular weight excluding hydrogens is 248 g/mol. The third-order valence-electron chi connectivity index (χ3n) is 1.72. The number of rotatable bonds is 3. The lowest BCUT2D eigenvalue weighted by molar-refractivity contribution is 0.0600. The van der Waals surface area contributed by atoms with E-state index in [0.717, 1.165) is 10.0 Å². The van der Waals surface area contributed by atoms with E-state index >= 15 is 0 Å². The number of esters is 1. The quantitative estimate of drug-likeness (QED) is 0.668. The van der Waals surface area contributed by atoms with Crippen LogP contribution in [0.1, 0.15) is 15.9 Å². The zero-order chi connectivity index (χ0) is 10.6. The van der Waals surface area contributed by atoms with Crippen LogP contribution in [-0.4, -0.2) is 13.1 Å². The van der Waals surface area contributed by atoms with Crippen molar-refractivity contribution in [3.63, 3.8) is 0 Å². The maximum atomic E-state index is 11.2. The molecule has 1 rings (SSSR count). The first-order valence-corrected chi connectivity index (χ1v) is 4.68. The number of hydrogen-bond donors (Lipinski definition) is 1. The van der Waals surface area contributed by atoms with E-state index in [1.807, 2.05) is 0 Å².